The van der Waals surface area contributed by atoms with E-state index >= 15 is 0 Å². The van der Waals surface area contributed by atoms with Crippen molar-refractivity contribution in [2.24, 2.45) is 0 Å². The number of urea groups is 1. The minimum absolute atomic E-state index is 0.131. The van der Waals surface area contributed by atoms with Crippen LogP contribution >= 0.6 is 11.6 Å². The highest BCUT2D eigenvalue weighted by molar-refractivity contribution is 6.30. The summed E-state index contributed by atoms with van der Waals surface area (Å²) in [6.45, 7) is 1.84. The fourth-order valence-corrected chi connectivity index (χ4v) is 2.59. The van der Waals surface area contributed by atoms with E-state index in [1.165, 1.54) is 36.4 Å². The minimum atomic E-state index is -5.11. The van der Waals surface area contributed by atoms with Gasteiger partial charge in [0.1, 0.15) is 0 Å². The Balaban J connectivity index is 1.73. The molecular formula is C18H14ClF3N2O5. The molecule has 29 heavy (non-hydrogen) atoms. The van der Waals surface area contributed by atoms with Crippen molar-refractivity contribution >= 4 is 29.3 Å². The van der Waals surface area contributed by atoms with Crippen LogP contribution in [0, 0.1) is 0 Å². The second-order valence-corrected chi connectivity index (χ2v) is 6.22. The summed E-state index contributed by atoms with van der Waals surface area (Å²) in [4.78, 5) is 23.8. The third-order valence-corrected chi connectivity index (χ3v) is 3.95. The summed E-state index contributed by atoms with van der Waals surface area (Å²) < 4.78 is 55.4. The van der Waals surface area contributed by atoms with Gasteiger partial charge in [-0.25, -0.2) is 9.59 Å². The Morgan fingerprint density at radius 2 is 1.76 bits per heavy atom. The number of carbonyl (C=O) groups is 2. The second-order valence-electron chi connectivity index (χ2n) is 5.79. The zero-order valence-corrected chi connectivity index (χ0v) is 15.6. The second kappa shape index (κ2) is 7.70. The number of nitrogens with one attached hydrogen (secondary N) is 2. The average molecular weight is 431 g/mol. The molecule has 1 aliphatic rings. The van der Waals surface area contributed by atoms with E-state index in [2.05, 4.69) is 5.32 Å². The van der Waals surface area contributed by atoms with E-state index < -0.39 is 24.1 Å². The number of hydrogen-bond donors (Lipinski definition) is 2. The fraction of sp³-hybridized carbons (Fsp3) is 0.222. The smallest absolute Gasteiger partial charge is 0.462 e. The van der Waals surface area contributed by atoms with Gasteiger partial charge in [-0.1, -0.05) is 11.6 Å². The number of carbonyl (C=O) groups excluding carboxylic acids is 2. The number of halogens is 4. The number of hydrogen-bond acceptors (Lipinski definition) is 5. The lowest BCUT2D eigenvalue weighted by molar-refractivity contribution is -0.317. The molecule has 7 nitrogen and oxygen atoms in total. The lowest BCUT2D eigenvalue weighted by Crippen LogP contribution is -2.65. The van der Waals surface area contributed by atoms with E-state index in [9.17, 15) is 22.8 Å². The average Bonchev–Trinajstić information content (AvgIpc) is 3.00. The highest BCUT2D eigenvalue weighted by atomic mass is 35.5. The summed E-state index contributed by atoms with van der Waals surface area (Å²) in [6, 6.07) is 7.78. The van der Waals surface area contributed by atoms with Crippen molar-refractivity contribution < 1.29 is 37.0 Å². The van der Waals surface area contributed by atoms with Gasteiger partial charge in [0.25, 0.3) is 0 Å². The minimum Gasteiger partial charge on any atom is -0.462 e. The largest absolute Gasteiger partial charge is 0.492 e. The molecule has 11 heteroatoms. The van der Waals surface area contributed by atoms with Crippen molar-refractivity contribution in [1.82, 2.24) is 5.32 Å². The molecule has 2 aromatic carbocycles. The number of ether oxygens (including phenoxy) is 3. The highest BCUT2D eigenvalue weighted by Gasteiger charge is 2.65. The normalized spacial score (nSPS) is 17.6. The van der Waals surface area contributed by atoms with Crippen molar-refractivity contribution in [3.05, 3.63) is 53.1 Å². The van der Waals surface area contributed by atoms with E-state index in [1.54, 1.807) is 12.2 Å². The lowest BCUT2D eigenvalue weighted by Gasteiger charge is -2.29. The van der Waals surface area contributed by atoms with Crippen LogP contribution in [-0.2, 0) is 4.74 Å². The molecule has 1 aliphatic heterocycles. The predicted octanol–water partition coefficient (Wildman–Crippen LogP) is 4.33. The molecule has 0 saturated carbocycles. The molecular weight excluding hydrogens is 417 g/mol. The van der Waals surface area contributed by atoms with Crippen LogP contribution in [-0.4, -0.2) is 30.7 Å². The van der Waals surface area contributed by atoms with E-state index in [4.69, 9.17) is 25.8 Å². The molecule has 0 spiro atoms. The number of esters is 1. The third-order valence-electron chi connectivity index (χ3n) is 3.72. The molecule has 1 unspecified atom stereocenters. The van der Waals surface area contributed by atoms with Crippen molar-refractivity contribution in [3.8, 4) is 11.5 Å². The third kappa shape index (κ3) is 4.32. The van der Waals surface area contributed by atoms with Gasteiger partial charge in [0.15, 0.2) is 11.5 Å². The van der Waals surface area contributed by atoms with Gasteiger partial charge < -0.3 is 19.5 Å². The maximum absolute atomic E-state index is 13.6. The topological polar surface area (TPSA) is 85.9 Å². The molecule has 2 N–H and O–H groups in total. The Morgan fingerprint density at radius 3 is 2.38 bits per heavy atom. The molecule has 1 atom stereocenters. The van der Waals surface area contributed by atoms with Crippen LogP contribution < -0.4 is 20.1 Å². The van der Waals surface area contributed by atoms with Crippen molar-refractivity contribution in [2.75, 3.05) is 11.9 Å². The molecule has 3 rings (SSSR count). The first-order valence-corrected chi connectivity index (χ1v) is 8.62. The summed E-state index contributed by atoms with van der Waals surface area (Å²) in [5.41, 5.74) is 0.353. The standard InChI is InChI=1S/C18H14ClF3N2O5/c1-2-27-15(25)10-3-6-12(7-4-10)23-16(26)24-18(17(20,21)22)28-13-8-5-11(19)9-14(13)29-18/h3-9H,2H2,1H3,(H2,23,24,26). The van der Waals surface area contributed by atoms with Crippen molar-refractivity contribution in [1.29, 1.82) is 0 Å². The van der Waals surface area contributed by atoms with Gasteiger partial charge in [-0.15, -0.1) is 0 Å². The maximum atomic E-state index is 13.6. The van der Waals surface area contributed by atoms with Crippen molar-refractivity contribution in [3.63, 3.8) is 0 Å². The summed E-state index contributed by atoms with van der Waals surface area (Å²) in [7, 11) is 0. The molecule has 2 amide bonds. The molecule has 0 bridgehead atoms. The van der Waals surface area contributed by atoms with Crippen molar-refractivity contribution in [2.45, 2.75) is 19.0 Å². The molecule has 0 aliphatic carbocycles. The van der Waals surface area contributed by atoms with Crippen LogP contribution in [0.3, 0.4) is 0 Å². The van der Waals surface area contributed by atoms with Gasteiger partial charge in [0.2, 0.25) is 0 Å². The first-order valence-electron chi connectivity index (χ1n) is 8.24. The maximum Gasteiger partial charge on any atom is 0.492 e. The Labute approximate surface area is 167 Å². The number of fused-ring (bicyclic) bond motifs is 1. The SMILES string of the molecule is CCOC(=O)c1ccc(NC(=O)NC2(C(F)(F)F)Oc3ccc(Cl)cc3O2)cc1. The van der Waals surface area contributed by atoms with Crippen LogP contribution in [0.4, 0.5) is 23.7 Å². The van der Waals surface area contributed by atoms with Gasteiger partial charge in [-0.05, 0) is 43.3 Å². The monoisotopic (exact) mass is 430 g/mol. The van der Waals surface area contributed by atoms with E-state index in [0.717, 1.165) is 6.07 Å². The van der Waals surface area contributed by atoms with E-state index in [-0.39, 0.29) is 34.4 Å². The van der Waals surface area contributed by atoms with Crippen LogP contribution in [0.1, 0.15) is 17.3 Å². The van der Waals surface area contributed by atoms with Gasteiger partial charge in [-0.2, -0.15) is 13.2 Å². The Hall–Kier alpha value is -3.14. The van der Waals surface area contributed by atoms with Crippen LogP contribution in [0.15, 0.2) is 42.5 Å². The number of amides is 2. The Morgan fingerprint density at radius 1 is 1.10 bits per heavy atom. The summed E-state index contributed by atoms with van der Waals surface area (Å²) >= 11 is 5.75. The molecule has 0 saturated heterocycles. The molecule has 154 valence electrons. The zero-order chi connectivity index (χ0) is 21.2. The lowest BCUT2D eigenvalue weighted by atomic mass is 10.2. The number of benzene rings is 2. The Bertz CT molecular complexity index is 936. The van der Waals surface area contributed by atoms with E-state index in [0.29, 0.717) is 0 Å². The first-order chi connectivity index (χ1) is 13.6. The Kier molecular flexibility index (Phi) is 5.47. The molecule has 2 aromatic rings. The van der Waals surface area contributed by atoms with Gasteiger partial charge in [-0.3, -0.25) is 5.32 Å². The van der Waals surface area contributed by atoms with Crippen LogP contribution in [0.2, 0.25) is 5.02 Å². The zero-order valence-electron chi connectivity index (χ0n) is 14.8. The van der Waals surface area contributed by atoms with Gasteiger partial charge in [0, 0.05) is 16.8 Å². The van der Waals surface area contributed by atoms with E-state index in [1.807, 2.05) is 0 Å². The predicted molar refractivity (Wildman–Crippen MR) is 96.0 cm³/mol. The number of anilines is 1. The summed E-state index contributed by atoms with van der Waals surface area (Å²) in [5, 5.41) is 4.00. The summed E-state index contributed by atoms with van der Waals surface area (Å²) in [5.74, 6) is -4.49. The highest BCUT2D eigenvalue weighted by Crippen LogP contribution is 2.46. The van der Waals surface area contributed by atoms with Gasteiger partial charge in [0.05, 0.1) is 12.2 Å². The van der Waals surface area contributed by atoms with Gasteiger partial charge >= 0.3 is 24.1 Å². The number of rotatable bonds is 4. The molecule has 0 radical (unpaired) electrons. The molecule has 0 aromatic heterocycles. The summed E-state index contributed by atoms with van der Waals surface area (Å²) in [6.07, 6.45) is -5.11. The number of alkyl halides is 3. The van der Waals surface area contributed by atoms with Crippen LogP contribution in [0.25, 0.3) is 0 Å². The van der Waals surface area contributed by atoms with Crippen LogP contribution in [0.5, 0.6) is 11.5 Å². The first kappa shape index (κ1) is 20.6. The quantitative estimate of drug-likeness (QED) is 0.705. The molecule has 0 fully saturated rings. The molecule has 1 heterocycles. The fourth-order valence-electron chi connectivity index (χ4n) is 2.43.